The van der Waals surface area contributed by atoms with Gasteiger partial charge in [0, 0.05) is 36.1 Å². The number of ether oxygens (including phenoxy) is 2. The Morgan fingerprint density at radius 1 is 1.17 bits per heavy atom. The summed E-state index contributed by atoms with van der Waals surface area (Å²) in [5.74, 6) is -1.48. The number of halogens is 4. The largest absolute Gasteiger partial charge is 0.573 e. The summed E-state index contributed by atoms with van der Waals surface area (Å²) in [6.07, 6.45) is -0.580. The van der Waals surface area contributed by atoms with E-state index >= 15 is 0 Å². The highest BCUT2D eigenvalue weighted by Gasteiger charge is 2.31. The lowest BCUT2D eigenvalue weighted by molar-refractivity contribution is -0.274. The average Bonchev–Trinajstić information content (AvgIpc) is 3.33. The van der Waals surface area contributed by atoms with Crippen molar-refractivity contribution >= 4 is 34.8 Å². The van der Waals surface area contributed by atoms with E-state index in [1.165, 1.54) is 24.7 Å². The molecule has 2 aromatic heterocycles. The minimum atomic E-state index is -4.93. The van der Waals surface area contributed by atoms with Crippen molar-refractivity contribution in [2.75, 3.05) is 26.3 Å². The predicted octanol–water partition coefficient (Wildman–Crippen LogP) is 4.12. The summed E-state index contributed by atoms with van der Waals surface area (Å²) < 4.78 is 46.9. The number of rotatable bonds is 6. The normalized spacial score (nSPS) is 14.9. The molecule has 36 heavy (non-hydrogen) atoms. The summed E-state index contributed by atoms with van der Waals surface area (Å²) in [5, 5.41) is 3.00. The number of aromatic nitrogens is 3. The molecule has 1 N–H and O–H groups in total. The Kier molecular flexibility index (Phi) is 7.71. The van der Waals surface area contributed by atoms with Crippen LogP contribution in [0.25, 0.3) is 10.7 Å². The highest BCUT2D eigenvalue weighted by molar-refractivity contribution is 7.16. The molecule has 1 aliphatic rings. The van der Waals surface area contributed by atoms with Crippen LogP contribution in [0.2, 0.25) is 5.02 Å². The number of amides is 2. The van der Waals surface area contributed by atoms with Crippen LogP contribution in [0.3, 0.4) is 0 Å². The number of alkyl halides is 3. The van der Waals surface area contributed by atoms with Crippen molar-refractivity contribution in [2.45, 2.75) is 19.3 Å². The summed E-state index contributed by atoms with van der Waals surface area (Å²) in [6, 6.07) is 2.39. The highest BCUT2D eigenvalue weighted by Crippen LogP contribution is 2.30. The van der Waals surface area contributed by atoms with E-state index in [-0.39, 0.29) is 16.5 Å². The number of hydrogen-bond acceptors (Lipinski definition) is 8. The number of carbonyl (C=O) groups is 2. The fraction of sp³-hybridized carbons (Fsp3) is 0.318. The minimum absolute atomic E-state index is 0.102. The molecule has 2 amide bonds. The molecule has 1 unspecified atom stereocenters. The molecule has 0 radical (unpaired) electrons. The quantitative estimate of drug-likeness (QED) is 0.500. The predicted molar refractivity (Wildman–Crippen MR) is 124 cm³/mol. The van der Waals surface area contributed by atoms with Gasteiger partial charge in [0.25, 0.3) is 11.8 Å². The first-order chi connectivity index (χ1) is 17.1. The molecule has 1 aliphatic heterocycles. The first-order valence-electron chi connectivity index (χ1n) is 10.6. The summed E-state index contributed by atoms with van der Waals surface area (Å²) in [6.45, 7) is 3.56. The molecule has 14 heteroatoms. The molecule has 3 aromatic rings. The molecule has 0 bridgehead atoms. The Morgan fingerprint density at radius 2 is 1.89 bits per heavy atom. The maximum absolute atomic E-state index is 12.8. The van der Waals surface area contributed by atoms with E-state index in [1.54, 1.807) is 11.8 Å². The van der Waals surface area contributed by atoms with Gasteiger partial charge in [0.05, 0.1) is 31.1 Å². The Labute approximate surface area is 212 Å². The van der Waals surface area contributed by atoms with E-state index in [4.69, 9.17) is 16.3 Å². The molecular formula is C22H19ClF3N5O4S. The molecule has 1 atom stereocenters. The number of thiazole rings is 1. The summed E-state index contributed by atoms with van der Waals surface area (Å²) in [4.78, 5) is 40.6. The minimum Gasteiger partial charge on any atom is -0.406 e. The van der Waals surface area contributed by atoms with Gasteiger partial charge in [-0.1, -0.05) is 11.6 Å². The number of hydrogen-bond donors (Lipinski definition) is 1. The first kappa shape index (κ1) is 25.8. The third-order valence-electron chi connectivity index (χ3n) is 5.07. The monoisotopic (exact) mass is 541 g/mol. The Bertz CT molecular complexity index is 1270. The van der Waals surface area contributed by atoms with E-state index in [0.29, 0.717) is 47.6 Å². The molecule has 0 spiro atoms. The molecule has 1 saturated heterocycles. The smallest absolute Gasteiger partial charge is 0.406 e. The summed E-state index contributed by atoms with van der Waals surface area (Å²) >= 11 is 7.02. The third kappa shape index (κ3) is 6.28. The van der Waals surface area contributed by atoms with Crippen LogP contribution >= 0.6 is 22.9 Å². The van der Waals surface area contributed by atoms with Crippen molar-refractivity contribution in [3.8, 4) is 16.5 Å². The van der Waals surface area contributed by atoms with Crippen LogP contribution in [0.15, 0.2) is 36.8 Å². The zero-order chi connectivity index (χ0) is 25.9. The molecule has 4 rings (SSSR count). The topological polar surface area (TPSA) is 107 Å². The van der Waals surface area contributed by atoms with Gasteiger partial charge in [0.1, 0.15) is 21.3 Å². The Balaban J connectivity index is 1.53. The van der Waals surface area contributed by atoms with Crippen LogP contribution in [0, 0.1) is 0 Å². The van der Waals surface area contributed by atoms with Crippen LogP contribution in [0.1, 0.15) is 38.7 Å². The number of nitrogens with one attached hydrogen (secondary N) is 1. The van der Waals surface area contributed by atoms with Crippen molar-refractivity contribution in [2.24, 2.45) is 0 Å². The van der Waals surface area contributed by atoms with Crippen molar-refractivity contribution in [3.63, 3.8) is 0 Å². The maximum atomic E-state index is 12.8. The van der Waals surface area contributed by atoms with E-state index in [2.05, 4.69) is 25.0 Å². The zero-order valence-electron chi connectivity index (χ0n) is 18.7. The number of nitrogens with zero attached hydrogens (tertiary/aromatic N) is 4. The average molecular weight is 542 g/mol. The van der Waals surface area contributed by atoms with Gasteiger partial charge in [-0.3, -0.25) is 19.6 Å². The Morgan fingerprint density at radius 3 is 2.61 bits per heavy atom. The highest BCUT2D eigenvalue weighted by atomic mass is 35.5. The maximum Gasteiger partial charge on any atom is 0.573 e. The molecule has 3 heterocycles. The summed E-state index contributed by atoms with van der Waals surface area (Å²) in [5.41, 5.74) is 0.592. The van der Waals surface area contributed by atoms with Gasteiger partial charge >= 0.3 is 6.36 Å². The van der Waals surface area contributed by atoms with Gasteiger partial charge in [0.2, 0.25) is 0 Å². The molecule has 1 fully saturated rings. The van der Waals surface area contributed by atoms with Crippen LogP contribution in [0.5, 0.6) is 5.75 Å². The fourth-order valence-electron chi connectivity index (χ4n) is 3.47. The molecule has 1 aromatic carbocycles. The third-order valence-corrected chi connectivity index (χ3v) is 6.28. The second kappa shape index (κ2) is 10.8. The fourth-order valence-corrected chi connectivity index (χ4v) is 4.58. The Hall–Kier alpha value is -3.29. The SMILES string of the molecule is CC(NC(=O)c1cc(Cl)cc(OC(F)(F)F)c1)c1nccnc1-c1ncc(C(=O)N2CCOCC2)s1. The second-order valence-electron chi connectivity index (χ2n) is 7.64. The van der Waals surface area contributed by atoms with Crippen molar-refractivity contribution in [1.82, 2.24) is 25.2 Å². The van der Waals surface area contributed by atoms with Gasteiger partial charge in [-0.05, 0) is 25.1 Å². The number of morpholine rings is 1. The molecule has 9 nitrogen and oxygen atoms in total. The van der Waals surface area contributed by atoms with Crippen LogP contribution < -0.4 is 10.1 Å². The van der Waals surface area contributed by atoms with E-state index < -0.39 is 24.1 Å². The van der Waals surface area contributed by atoms with Crippen LogP contribution in [0.4, 0.5) is 13.2 Å². The second-order valence-corrected chi connectivity index (χ2v) is 9.11. The van der Waals surface area contributed by atoms with E-state index in [0.717, 1.165) is 23.5 Å². The molecule has 0 aliphatic carbocycles. The molecular weight excluding hydrogens is 523 g/mol. The van der Waals surface area contributed by atoms with Crippen molar-refractivity contribution < 1.29 is 32.2 Å². The lowest BCUT2D eigenvalue weighted by Gasteiger charge is -2.26. The van der Waals surface area contributed by atoms with Gasteiger partial charge in [-0.25, -0.2) is 4.98 Å². The first-order valence-corrected chi connectivity index (χ1v) is 11.8. The lowest BCUT2D eigenvalue weighted by atomic mass is 10.1. The van der Waals surface area contributed by atoms with E-state index in [1.807, 2.05) is 0 Å². The van der Waals surface area contributed by atoms with Gasteiger partial charge in [-0.2, -0.15) is 0 Å². The molecule has 190 valence electrons. The standard InChI is InChI=1S/C22H19ClF3N5O4S/c1-12(30-19(32)13-8-14(23)10-15(9-13)35-22(24,25)26)17-18(28-3-2-27-17)20-29-11-16(36-20)21(33)31-4-6-34-7-5-31/h2-3,8-12H,4-7H2,1H3,(H,30,32). The van der Waals surface area contributed by atoms with Gasteiger partial charge in [0.15, 0.2) is 0 Å². The van der Waals surface area contributed by atoms with E-state index in [9.17, 15) is 22.8 Å². The number of benzene rings is 1. The number of carbonyl (C=O) groups excluding carboxylic acids is 2. The van der Waals surface area contributed by atoms with Crippen LogP contribution in [-0.4, -0.2) is 64.3 Å². The van der Waals surface area contributed by atoms with Gasteiger partial charge in [-0.15, -0.1) is 24.5 Å². The van der Waals surface area contributed by atoms with Crippen molar-refractivity contribution in [1.29, 1.82) is 0 Å². The molecule has 0 saturated carbocycles. The van der Waals surface area contributed by atoms with Gasteiger partial charge < -0.3 is 19.7 Å². The van der Waals surface area contributed by atoms with Crippen molar-refractivity contribution in [3.05, 3.63) is 57.9 Å². The summed E-state index contributed by atoms with van der Waals surface area (Å²) in [7, 11) is 0. The zero-order valence-corrected chi connectivity index (χ0v) is 20.3. The van der Waals surface area contributed by atoms with Crippen LogP contribution in [-0.2, 0) is 4.74 Å². The lowest BCUT2D eigenvalue weighted by Crippen LogP contribution is -2.40.